The van der Waals surface area contributed by atoms with Crippen molar-refractivity contribution in [3.05, 3.63) is 11.6 Å². The molecule has 8 atom stereocenters. The van der Waals surface area contributed by atoms with Crippen LogP contribution in [-0.4, -0.2) is 18.4 Å². The molecule has 0 aromatic heterocycles. The first-order valence-corrected chi connectivity index (χ1v) is 13.9. The third-order valence-corrected chi connectivity index (χ3v) is 11.0. The number of fused-ring (bicyclic) bond motifs is 5. The van der Waals surface area contributed by atoms with Crippen molar-refractivity contribution < 1.29 is 14.3 Å². The molecule has 33 heavy (non-hydrogen) atoms. The molecule has 0 saturated heterocycles. The topological polar surface area (TPSA) is 43.4 Å². The average molecular weight is 457 g/mol. The van der Waals surface area contributed by atoms with E-state index < -0.39 is 0 Å². The lowest BCUT2D eigenvalue weighted by Crippen LogP contribution is -2.52. The fraction of sp³-hybridized carbons (Fsp3) is 0.867. The molecule has 0 heterocycles. The Balaban J connectivity index is 1.53. The predicted molar refractivity (Wildman–Crippen MR) is 134 cm³/mol. The molecule has 4 aliphatic carbocycles. The SMILES string of the molecule is CC(=O)O[C@H]1CC[C@@]2(C)C(=CC[C@H]3[C@@H]4CC[C@H]([C@@](C)(C=O)CCCC(C)C)[C@@]4(C)CC[C@@H]32)C1. The Bertz CT molecular complexity index is 783. The standard InChI is InChI=1S/C30H48O3/c1-20(2)8-7-15-28(4,19-31)27-12-11-25-24-10-9-22-18-23(33-21(3)32)13-16-29(22,5)26(24)14-17-30(25,27)6/h9,19-20,23-27H,7-8,10-18H2,1-6H3/t23-,24-,25-,26-,27+,28+,29-,30-/m0/s1. The molecule has 0 unspecified atom stereocenters. The highest BCUT2D eigenvalue weighted by atomic mass is 16.5. The maximum atomic E-state index is 12.5. The van der Waals surface area contributed by atoms with Crippen LogP contribution in [0.3, 0.4) is 0 Å². The second-order valence-electron chi connectivity index (χ2n) is 13.3. The van der Waals surface area contributed by atoms with Crippen LogP contribution < -0.4 is 0 Å². The lowest BCUT2D eigenvalue weighted by atomic mass is 9.46. The maximum absolute atomic E-state index is 12.5. The van der Waals surface area contributed by atoms with Crippen molar-refractivity contribution in [2.45, 2.75) is 118 Å². The zero-order chi connectivity index (χ0) is 24.0. The number of ether oxygens (including phenoxy) is 1. The first-order chi connectivity index (χ1) is 15.5. The van der Waals surface area contributed by atoms with Gasteiger partial charge in [-0.3, -0.25) is 4.79 Å². The van der Waals surface area contributed by atoms with Crippen LogP contribution in [0.2, 0.25) is 0 Å². The van der Waals surface area contributed by atoms with Gasteiger partial charge in [0, 0.05) is 18.8 Å². The molecule has 0 radical (unpaired) electrons. The van der Waals surface area contributed by atoms with Gasteiger partial charge in [0.15, 0.2) is 0 Å². The molecule has 0 aromatic carbocycles. The molecule has 186 valence electrons. The van der Waals surface area contributed by atoms with Crippen LogP contribution in [0.5, 0.6) is 0 Å². The largest absolute Gasteiger partial charge is 0.462 e. The molecule has 3 nitrogen and oxygen atoms in total. The van der Waals surface area contributed by atoms with Crippen molar-refractivity contribution in [1.29, 1.82) is 0 Å². The molecule has 0 aromatic rings. The Morgan fingerprint density at radius 1 is 1.18 bits per heavy atom. The number of hydrogen-bond donors (Lipinski definition) is 0. The molecule has 0 amide bonds. The molecule has 0 N–H and O–H groups in total. The van der Waals surface area contributed by atoms with Crippen molar-refractivity contribution in [3.8, 4) is 0 Å². The van der Waals surface area contributed by atoms with Crippen LogP contribution in [0.1, 0.15) is 112 Å². The van der Waals surface area contributed by atoms with Gasteiger partial charge >= 0.3 is 5.97 Å². The third kappa shape index (κ3) is 4.36. The number of aldehydes is 1. The second kappa shape index (κ2) is 9.15. The minimum absolute atomic E-state index is 0.0715. The van der Waals surface area contributed by atoms with Crippen molar-refractivity contribution in [2.24, 2.45) is 45.8 Å². The first-order valence-electron chi connectivity index (χ1n) is 13.9. The number of rotatable bonds is 7. The first kappa shape index (κ1) is 25.0. The molecular weight excluding hydrogens is 408 g/mol. The molecule has 3 heteroatoms. The van der Waals surface area contributed by atoms with E-state index in [4.69, 9.17) is 4.74 Å². The minimum atomic E-state index is -0.174. The van der Waals surface area contributed by atoms with Gasteiger partial charge in [0.25, 0.3) is 0 Å². The fourth-order valence-electron chi connectivity index (χ4n) is 9.25. The van der Waals surface area contributed by atoms with Crippen LogP contribution in [-0.2, 0) is 14.3 Å². The second-order valence-corrected chi connectivity index (χ2v) is 13.3. The minimum Gasteiger partial charge on any atom is -0.462 e. The third-order valence-electron chi connectivity index (χ3n) is 11.0. The van der Waals surface area contributed by atoms with E-state index in [9.17, 15) is 9.59 Å². The summed E-state index contributed by atoms with van der Waals surface area (Å²) in [5.41, 5.74) is 1.95. The van der Waals surface area contributed by atoms with Gasteiger partial charge in [-0.25, -0.2) is 0 Å². The summed E-state index contributed by atoms with van der Waals surface area (Å²) < 4.78 is 5.60. The van der Waals surface area contributed by atoms with Gasteiger partial charge < -0.3 is 9.53 Å². The zero-order valence-electron chi connectivity index (χ0n) is 22.1. The summed E-state index contributed by atoms with van der Waals surface area (Å²) in [5, 5.41) is 0. The summed E-state index contributed by atoms with van der Waals surface area (Å²) in [6.45, 7) is 13.5. The number of hydrogen-bond acceptors (Lipinski definition) is 3. The monoisotopic (exact) mass is 456 g/mol. The molecule has 0 spiro atoms. The van der Waals surface area contributed by atoms with E-state index in [2.05, 4.69) is 40.7 Å². The highest BCUT2D eigenvalue weighted by Gasteiger charge is 2.61. The van der Waals surface area contributed by atoms with E-state index in [1.807, 2.05) is 0 Å². The summed E-state index contributed by atoms with van der Waals surface area (Å²) >= 11 is 0. The van der Waals surface area contributed by atoms with Gasteiger partial charge in [0.1, 0.15) is 12.4 Å². The molecule has 0 bridgehead atoms. The van der Waals surface area contributed by atoms with Crippen LogP contribution in [0.4, 0.5) is 0 Å². The predicted octanol–water partition coefficient (Wildman–Crippen LogP) is 7.53. The lowest BCUT2D eigenvalue weighted by Gasteiger charge is -2.59. The van der Waals surface area contributed by atoms with Crippen LogP contribution in [0.15, 0.2) is 11.6 Å². The van der Waals surface area contributed by atoms with Gasteiger partial charge in [-0.05, 0) is 91.8 Å². The van der Waals surface area contributed by atoms with E-state index >= 15 is 0 Å². The fourth-order valence-corrected chi connectivity index (χ4v) is 9.25. The van der Waals surface area contributed by atoms with Crippen molar-refractivity contribution >= 4 is 12.3 Å². The van der Waals surface area contributed by atoms with E-state index in [1.54, 1.807) is 5.57 Å². The van der Waals surface area contributed by atoms with Gasteiger partial charge in [0.2, 0.25) is 0 Å². The van der Waals surface area contributed by atoms with Crippen LogP contribution in [0, 0.1) is 45.8 Å². The maximum Gasteiger partial charge on any atom is 0.302 e. The van der Waals surface area contributed by atoms with E-state index in [1.165, 1.54) is 58.2 Å². The Morgan fingerprint density at radius 3 is 2.61 bits per heavy atom. The molecule has 4 rings (SSSR count). The number of allylic oxidation sites excluding steroid dienone is 1. The Morgan fingerprint density at radius 2 is 1.94 bits per heavy atom. The molecule has 4 aliphatic rings. The average Bonchev–Trinajstić information content (AvgIpc) is 3.11. The molecular formula is C30H48O3. The Kier molecular flexibility index (Phi) is 6.93. The Labute approximate surface area is 202 Å². The summed E-state index contributed by atoms with van der Waals surface area (Å²) in [4.78, 5) is 24.0. The number of esters is 1. The summed E-state index contributed by atoms with van der Waals surface area (Å²) in [7, 11) is 0. The molecule has 3 saturated carbocycles. The number of carbonyl (C=O) groups is 2. The molecule has 0 aliphatic heterocycles. The summed E-state index contributed by atoms with van der Waals surface area (Å²) in [6, 6.07) is 0. The van der Waals surface area contributed by atoms with E-state index in [-0.39, 0.29) is 22.9 Å². The summed E-state index contributed by atoms with van der Waals surface area (Å²) in [6.07, 6.45) is 16.7. The van der Waals surface area contributed by atoms with Crippen molar-refractivity contribution in [2.75, 3.05) is 0 Å². The van der Waals surface area contributed by atoms with Crippen LogP contribution >= 0.6 is 0 Å². The van der Waals surface area contributed by atoms with Crippen LogP contribution in [0.25, 0.3) is 0 Å². The smallest absolute Gasteiger partial charge is 0.302 e. The highest BCUT2D eigenvalue weighted by Crippen LogP contribution is 2.68. The zero-order valence-corrected chi connectivity index (χ0v) is 22.1. The van der Waals surface area contributed by atoms with E-state index in [0.29, 0.717) is 17.3 Å². The van der Waals surface area contributed by atoms with Crippen molar-refractivity contribution in [3.63, 3.8) is 0 Å². The highest BCUT2D eigenvalue weighted by molar-refractivity contribution is 5.66. The normalized spacial score (nSPS) is 41.9. The van der Waals surface area contributed by atoms with Gasteiger partial charge in [-0.1, -0.05) is 59.1 Å². The lowest BCUT2D eigenvalue weighted by molar-refractivity contribution is -0.148. The summed E-state index contributed by atoms with van der Waals surface area (Å²) in [5.74, 6) is 3.33. The van der Waals surface area contributed by atoms with Crippen molar-refractivity contribution in [1.82, 2.24) is 0 Å². The molecule has 3 fully saturated rings. The van der Waals surface area contributed by atoms with Gasteiger partial charge in [-0.2, -0.15) is 0 Å². The van der Waals surface area contributed by atoms with Gasteiger partial charge in [-0.15, -0.1) is 0 Å². The van der Waals surface area contributed by atoms with Gasteiger partial charge in [0.05, 0.1) is 0 Å². The van der Waals surface area contributed by atoms with E-state index in [0.717, 1.165) is 43.4 Å². The quantitative estimate of drug-likeness (QED) is 0.226. The number of carbonyl (C=O) groups excluding carboxylic acids is 2. The Hall–Kier alpha value is -1.12.